The summed E-state index contributed by atoms with van der Waals surface area (Å²) < 4.78 is 1.59. The lowest BCUT2D eigenvalue weighted by Crippen LogP contribution is -2.46. The van der Waals surface area contributed by atoms with Crippen LogP contribution < -0.4 is 0 Å². The van der Waals surface area contributed by atoms with E-state index in [4.69, 9.17) is 11.6 Å². The number of hydrogen-bond donors (Lipinski definition) is 1. The number of halogens is 1. The van der Waals surface area contributed by atoms with E-state index in [1.807, 2.05) is 30.3 Å². The Labute approximate surface area is 122 Å². The van der Waals surface area contributed by atoms with E-state index in [1.165, 1.54) is 6.33 Å². The van der Waals surface area contributed by atoms with Gasteiger partial charge in [0.25, 0.3) is 0 Å². The Kier molecular flexibility index (Phi) is 3.15. The number of hydrogen-bond acceptors (Lipinski definition) is 3. The molecule has 1 unspecified atom stereocenters. The van der Waals surface area contributed by atoms with Crippen molar-refractivity contribution in [1.29, 1.82) is 0 Å². The normalized spacial score (nSPS) is 19.3. The second-order valence-corrected chi connectivity index (χ2v) is 5.99. The Morgan fingerprint density at radius 2 is 2.10 bits per heavy atom. The molecule has 5 heteroatoms. The van der Waals surface area contributed by atoms with Crippen molar-refractivity contribution in [2.75, 3.05) is 0 Å². The maximum atomic E-state index is 11.2. The first-order valence-corrected chi connectivity index (χ1v) is 6.91. The minimum Gasteiger partial charge on any atom is -0.381 e. The quantitative estimate of drug-likeness (QED) is 0.861. The Hall–Kier alpha value is -1.65. The molecule has 1 fully saturated rings. The number of rotatable bonds is 5. The topological polar surface area (TPSA) is 50.9 Å². The van der Waals surface area contributed by atoms with E-state index < -0.39 is 10.5 Å². The first-order valence-electron chi connectivity index (χ1n) is 6.54. The van der Waals surface area contributed by atoms with E-state index in [9.17, 15) is 5.11 Å². The zero-order valence-electron chi connectivity index (χ0n) is 11.0. The molecular formula is C15H16ClN3O. The van der Waals surface area contributed by atoms with Crippen LogP contribution in [0.15, 0.2) is 49.6 Å². The molecule has 104 valence electrons. The molecule has 0 saturated heterocycles. The Morgan fingerprint density at radius 1 is 1.40 bits per heavy atom. The van der Waals surface area contributed by atoms with Crippen LogP contribution in [0.1, 0.15) is 18.4 Å². The number of nitrogens with zero attached hydrogens (tertiary/aromatic N) is 3. The summed E-state index contributed by atoms with van der Waals surface area (Å²) >= 11 is 6.54. The van der Waals surface area contributed by atoms with Gasteiger partial charge >= 0.3 is 0 Å². The van der Waals surface area contributed by atoms with Gasteiger partial charge in [-0.2, -0.15) is 5.10 Å². The molecule has 1 aliphatic carbocycles. The molecule has 20 heavy (non-hydrogen) atoms. The molecule has 4 nitrogen and oxygen atoms in total. The zero-order valence-corrected chi connectivity index (χ0v) is 11.8. The van der Waals surface area contributed by atoms with Crippen molar-refractivity contribution in [3.63, 3.8) is 0 Å². The first-order chi connectivity index (χ1) is 9.55. The fourth-order valence-corrected chi connectivity index (χ4v) is 2.73. The molecule has 2 aromatic rings. The maximum Gasteiger partial charge on any atom is 0.137 e. The third kappa shape index (κ3) is 2.15. The van der Waals surface area contributed by atoms with Gasteiger partial charge in [-0.15, -0.1) is 11.6 Å². The summed E-state index contributed by atoms with van der Waals surface area (Å²) in [5.74, 6) is 0. The third-order valence-corrected chi connectivity index (χ3v) is 4.60. The molecule has 1 aromatic carbocycles. The van der Waals surface area contributed by atoms with Crippen LogP contribution >= 0.6 is 11.6 Å². The van der Waals surface area contributed by atoms with Crippen molar-refractivity contribution >= 4 is 17.2 Å². The van der Waals surface area contributed by atoms with Gasteiger partial charge in [-0.05, 0) is 24.0 Å². The average molecular weight is 290 g/mol. The van der Waals surface area contributed by atoms with E-state index in [2.05, 4.69) is 16.7 Å². The summed E-state index contributed by atoms with van der Waals surface area (Å²) in [5.41, 5.74) is 0.284. The summed E-state index contributed by atoms with van der Waals surface area (Å²) in [6.07, 6.45) is 4.56. The highest BCUT2D eigenvalue weighted by molar-refractivity contribution is 6.27. The SMILES string of the molecule is C=C(c1ccccc1)C(O)(Cn1cncn1)C1(Cl)CC1. The van der Waals surface area contributed by atoms with Gasteiger partial charge in [0.05, 0.1) is 11.4 Å². The third-order valence-electron chi connectivity index (χ3n) is 3.91. The molecule has 1 heterocycles. The van der Waals surface area contributed by atoms with Crippen LogP contribution in [0.25, 0.3) is 5.57 Å². The van der Waals surface area contributed by atoms with Crippen molar-refractivity contribution in [2.24, 2.45) is 0 Å². The van der Waals surface area contributed by atoms with Crippen molar-refractivity contribution < 1.29 is 5.11 Å². The molecule has 0 radical (unpaired) electrons. The second kappa shape index (κ2) is 4.72. The summed E-state index contributed by atoms with van der Waals surface area (Å²) in [6.45, 7) is 4.34. The Morgan fingerprint density at radius 3 is 2.65 bits per heavy atom. The zero-order chi connectivity index (χ0) is 14.2. The van der Waals surface area contributed by atoms with Gasteiger partial charge in [-0.3, -0.25) is 0 Å². The summed E-state index contributed by atoms with van der Waals surface area (Å²) in [5, 5.41) is 15.2. The van der Waals surface area contributed by atoms with Gasteiger partial charge in [0.2, 0.25) is 0 Å². The Balaban J connectivity index is 1.96. The van der Waals surface area contributed by atoms with Crippen LogP contribution in [0.4, 0.5) is 0 Å². The monoisotopic (exact) mass is 289 g/mol. The van der Waals surface area contributed by atoms with Gasteiger partial charge in [0, 0.05) is 0 Å². The molecule has 1 aliphatic rings. The summed E-state index contributed by atoms with van der Waals surface area (Å²) in [4.78, 5) is 3.25. The van der Waals surface area contributed by atoms with E-state index in [0.29, 0.717) is 5.57 Å². The van der Waals surface area contributed by atoms with Crippen LogP contribution in [0.5, 0.6) is 0 Å². The Bertz CT molecular complexity index is 607. The van der Waals surface area contributed by atoms with Crippen LogP contribution in [-0.2, 0) is 6.54 Å². The van der Waals surface area contributed by atoms with Gasteiger partial charge in [0.15, 0.2) is 0 Å². The van der Waals surface area contributed by atoms with Crippen LogP contribution in [0, 0.1) is 0 Å². The van der Waals surface area contributed by atoms with Crippen molar-refractivity contribution in [3.05, 3.63) is 55.1 Å². The highest BCUT2D eigenvalue weighted by Crippen LogP contribution is 2.55. The summed E-state index contributed by atoms with van der Waals surface area (Å²) in [6, 6.07) is 9.63. The molecule has 3 rings (SSSR count). The fourth-order valence-electron chi connectivity index (χ4n) is 2.46. The van der Waals surface area contributed by atoms with Gasteiger partial charge in [0.1, 0.15) is 18.3 Å². The van der Waals surface area contributed by atoms with Crippen molar-refractivity contribution in [2.45, 2.75) is 29.9 Å². The van der Waals surface area contributed by atoms with E-state index in [0.717, 1.165) is 18.4 Å². The number of alkyl halides is 1. The maximum absolute atomic E-state index is 11.2. The predicted molar refractivity (Wildman–Crippen MR) is 78.3 cm³/mol. The average Bonchev–Trinajstić information content (AvgIpc) is 3.02. The minimum atomic E-state index is -1.23. The molecule has 0 aliphatic heterocycles. The molecule has 1 aromatic heterocycles. The van der Waals surface area contributed by atoms with E-state index in [1.54, 1.807) is 11.0 Å². The van der Waals surface area contributed by atoms with Crippen molar-refractivity contribution in [3.8, 4) is 0 Å². The molecule has 0 spiro atoms. The number of aromatic nitrogens is 3. The van der Waals surface area contributed by atoms with Gasteiger partial charge in [-0.25, -0.2) is 9.67 Å². The number of aliphatic hydroxyl groups is 1. The van der Waals surface area contributed by atoms with Crippen LogP contribution in [0.3, 0.4) is 0 Å². The standard InChI is InChI=1S/C15H16ClN3O/c1-12(13-5-3-2-4-6-13)15(20,14(16)7-8-14)9-19-11-17-10-18-19/h2-6,10-11,20H,1,7-9H2. The largest absolute Gasteiger partial charge is 0.381 e. The fraction of sp³-hybridized carbons (Fsp3) is 0.333. The van der Waals surface area contributed by atoms with Gasteiger partial charge < -0.3 is 5.11 Å². The summed E-state index contributed by atoms with van der Waals surface area (Å²) in [7, 11) is 0. The molecule has 1 atom stereocenters. The second-order valence-electron chi connectivity index (χ2n) is 5.26. The minimum absolute atomic E-state index is 0.254. The van der Waals surface area contributed by atoms with Crippen LogP contribution in [0.2, 0.25) is 0 Å². The van der Waals surface area contributed by atoms with Crippen molar-refractivity contribution in [1.82, 2.24) is 14.8 Å². The number of benzene rings is 1. The lowest BCUT2D eigenvalue weighted by atomic mass is 9.84. The van der Waals surface area contributed by atoms with E-state index in [-0.39, 0.29) is 6.54 Å². The molecule has 1 N–H and O–H groups in total. The van der Waals surface area contributed by atoms with E-state index >= 15 is 0 Å². The lowest BCUT2D eigenvalue weighted by molar-refractivity contribution is 0.0662. The first kappa shape index (κ1) is 13.3. The lowest BCUT2D eigenvalue weighted by Gasteiger charge is -2.35. The predicted octanol–water partition coefficient (Wildman–Crippen LogP) is 2.49. The smallest absolute Gasteiger partial charge is 0.137 e. The van der Waals surface area contributed by atoms with Crippen LogP contribution in [-0.4, -0.2) is 30.3 Å². The molecule has 0 bridgehead atoms. The molecular weight excluding hydrogens is 274 g/mol. The molecule has 1 saturated carbocycles. The highest BCUT2D eigenvalue weighted by atomic mass is 35.5. The highest BCUT2D eigenvalue weighted by Gasteiger charge is 2.59. The van der Waals surface area contributed by atoms with Gasteiger partial charge in [-0.1, -0.05) is 36.9 Å². The molecule has 0 amide bonds.